The van der Waals surface area contributed by atoms with E-state index in [4.69, 9.17) is 11.6 Å². The fraction of sp³-hybridized carbons (Fsp3) is 0.0588. The van der Waals surface area contributed by atoms with Crippen LogP contribution < -0.4 is 5.32 Å². The molecule has 3 nitrogen and oxygen atoms in total. The molecule has 1 heterocycles. The number of nitrogens with one attached hydrogen (secondary N) is 1. The summed E-state index contributed by atoms with van der Waals surface area (Å²) in [4.78, 5) is 16.5. The van der Waals surface area contributed by atoms with Gasteiger partial charge in [-0.2, -0.15) is 0 Å². The van der Waals surface area contributed by atoms with Crippen LogP contribution in [0.5, 0.6) is 0 Å². The van der Waals surface area contributed by atoms with Crippen molar-refractivity contribution in [2.75, 3.05) is 5.32 Å². The molecule has 3 aromatic rings. The van der Waals surface area contributed by atoms with Gasteiger partial charge in [-0.25, -0.2) is 9.37 Å². The Morgan fingerprint density at radius 2 is 1.96 bits per heavy atom. The van der Waals surface area contributed by atoms with Crippen LogP contribution in [-0.4, -0.2) is 10.9 Å². The van der Waals surface area contributed by atoms with Gasteiger partial charge < -0.3 is 5.32 Å². The number of thiazole rings is 1. The molecule has 0 saturated carbocycles. The van der Waals surface area contributed by atoms with Gasteiger partial charge in [0.05, 0.1) is 16.3 Å². The first-order valence-electron chi connectivity index (χ1n) is 6.82. The van der Waals surface area contributed by atoms with E-state index in [9.17, 15) is 9.18 Å². The number of aromatic nitrogens is 1. The zero-order chi connectivity index (χ0) is 16.4. The molecule has 116 valence electrons. The van der Waals surface area contributed by atoms with E-state index in [2.05, 4.69) is 10.3 Å². The molecule has 0 unspecified atom stereocenters. The van der Waals surface area contributed by atoms with Crippen LogP contribution in [-0.2, 0) is 0 Å². The number of aryl methyl sites for hydroxylation is 1. The molecule has 0 aliphatic heterocycles. The lowest BCUT2D eigenvalue weighted by atomic mass is 10.1. The zero-order valence-electron chi connectivity index (χ0n) is 12.1. The Kier molecular flexibility index (Phi) is 4.41. The highest BCUT2D eigenvalue weighted by Gasteiger charge is 2.12. The standard InChI is InChI=1S/C17H12ClFN2OS/c1-10-20-16(9-23-10)11-2-5-13(6-3-11)21-17(22)14-7-4-12(18)8-15(14)19/h2-9H,1H3,(H,21,22). The SMILES string of the molecule is Cc1nc(-c2ccc(NC(=O)c3ccc(Cl)cc3F)cc2)cs1. The van der Waals surface area contributed by atoms with Crippen molar-refractivity contribution >= 4 is 34.5 Å². The summed E-state index contributed by atoms with van der Waals surface area (Å²) in [6, 6.07) is 11.2. The monoisotopic (exact) mass is 346 g/mol. The summed E-state index contributed by atoms with van der Waals surface area (Å²) in [5.74, 6) is -1.17. The quantitative estimate of drug-likeness (QED) is 0.711. The third-order valence-electron chi connectivity index (χ3n) is 3.23. The highest BCUT2D eigenvalue weighted by atomic mass is 35.5. The van der Waals surface area contributed by atoms with Gasteiger partial charge in [0.1, 0.15) is 5.82 Å². The van der Waals surface area contributed by atoms with Crippen molar-refractivity contribution in [1.29, 1.82) is 0 Å². The summed E-state index contributed by atoms with van der Waals surface area (Å²) in [7, 11) is 0. The normalized spacial score (nSPS) is 10.6. The van der Waals surface area contributed by atoms with Crippen molar-refractivity contribution in [2.24, 2.45) is 0 Å². The number of hydrogen-bond acceptors (Lipinski definition) is 3. The molecular weight excluding hydrogens is 335 g/mol. The van der Waals surface area contributed by atoms with Crippen LogP contribution in [0.15, 0.2) is 47.8 Å². The third-order valence-corrected chi connectivity index (χ3v) is 4.24. The van der Waals surface area contributed by atoms with Gasteiger partial charge in [0.25, 0.3) is 5.91 Å². The molecule has 1 amide bonds. The Hall–Kier alpha value is -2.24. The lowest BCUT2D eigenvalue weighted by Gasteiger charge is -2.07. The van der Waals surface area contributed by atoms with Gasteiger partial charge in [-0.3, -0.25) is 4.79 Å². The van der Waals surface area contributed by atoms with Gasteiger partial charge in [-0.1, -0.05) is 23.7 Å². The van der Waals surface area contributed by atoms with Crippen molar-refractivity contribution in [3.8, 4) is 11.3 Å². The van der Waals surface area contributed by atoms with Gasteiger partial charge in [0, 0.05) is 21.7 Å². The molecule has 0 saturated heterocycles. The second-order valence-electron chi connectivity index (χ2n) is 4.91. The molecule has 23 heavy (non-hydrogen) atoms. The lowest BCUT2D eigenvalue weighted by molar-refractivity contribution is 0.102. The van der Waals surface area contributed by atoms with Crippen molar-refractivity contribution < 1.29 is 9.18 Å². The number of anilines is 1. The minimum absolute atomic E-state index is 0.0476. The maximum atomic E-state index is 13.7. The number of benzene rings is 2. The summed E-state index contributed by atoms with van der Waals surface area (Å²) in [5, 5.41) is 5.89. The first kappa shape index (κ1) is 15.6. The zero-order valence-corrected chi connectivity index (χ0v) is 13.7. The van der Waals surface area contributed by atoms with Crippen molar-refractivity contribution in [3.05, 3.63) is 69.3 Å². The number of halogens is 2. The number of carbonyl (C=O) groups excluding carboxylic acids is 1. The molecule has 0 fully saturated rings. The van der Waals surface area contributed by atoms with E-state index in [1.165, 1.54) is 12.1 Å². The summed E-state index contributed by atoms with van der Waals surface area (Å²) >= 11 is 7.26. The van der Waals surface area contributed by atoms with E-state index in [1.54, 1.807) is 23.5 Å². The topological polar surface area (TPSA) is 42.0 Å². The Morgan fingerprint density at radius 1 is 1.22 bits per heavy atom. The van der Waals surface area contributed by atoms with Crippen LogP contribution in [0.4, 0.5) is 10.1 Å². The molecule has 3 rings (SSSR count). The van der Waals surface area contributed by atoms with Crippen LogP contribution in [0, 0.1) is 12.7 Å². The summed E-state index contributed by atoms with van der Waals surface area (Å²) in [6.45, 7) is 1.95. The molecule has 0 bridgehead atoms. The van der Waals surface area contributed by atoms with Crippen LogP contribution >= 0.6 is 22.9 Å². The van der Waals surface area contributed by atoms with E-state index in [0.29, 0.717) is 5.69 Å². The summed E-state index contributed by atoms with van der Waals surface area (Å²) < 4.78 is 13.7. The third kappa shape index (κ3) is 3.57. The van der Waals surface area contributed by atoms with Crippen molar-refractivity contribution in [1.82, 2.24) is 4.98 Å². The van der Waals surface area contributed by atoms with Crippen LogP contribution in [0.3, 0.4) is 0 Å². The van der Waals surface area contributed by atoms with E-state index in [-0.39, 0.29) is 10.6 Å². The van der Waals surface area contributed by atoms with Crippen LogP contribution in [0.25, 0.3) is 11.3 Å². The first-order valence-corrected chi connectivity index (χ1v) is 8.07. The molecule has 0 aliphatic rings. The fourth-order valence-electron chi connectivity index (χ4n) is 2.09. The molecule has 1 N–H and O–H groups in total. The lowest BCUT2D eigenvalue weighted by Crippen LogP contribution is -2.13. The van der Waals surface area contributed by atoms with Gasteiger partial charge in [-0.15, -0.1) is 11.3 Å². The predicted octanol–water partition coefficient (Wildman–Crippen LogP) is 5.16. The molecule has 0 aliphatic carbocycles. The molecular formula is C17H12ClFN2OS. The minimum Gasteiger partial charge on any atom is -0.322 e. The second-order valence-corrected chi connectivity index (χ2v) is 6.41. The highest BCUT2D eigenvalue weighted by molar-refractivity contribution is 7.09. The van der Waals surface area contributed by atoms with E-state index in [0.717, 1.165) is 22.3 Å². The van der Waals surface area contributed by atoms with Crippen LogP contribution in [0.1, 0.15) is 15.4 Å². The Balaban J connectivity index is 1.76. The van der Waals surface area contributed by atoms with Gasteiger partial charge in [-0.05, 0) is 37.3 Å². The molecule has 0 spiro atoms. The van der Waals surface area contributed by atoms with Gasteiger partial charge >= 0.3 is 0 Å². The predicted molar refractivity (Wildman–Crippen MR) is 91.7 cm³/mol. The Morgan fingerprint density at radius 3 is 2.57 bits per heavy atom. The maximum absolute atomic E-state index is 13.7. The fourth-order valence-corrected chi connectivity index (χ4v) is 2.87. The highest BCUT2D eigenvalue weighted by Crippen LogP contribution is 2.23. The number of rotatable bonds is 3. The average molecular weight is 347 g/mol. The maximum Gasteiger partial charge on any atom is 0.258 e. The molecule has 1 aromatic heterocycles. The van der Waals surface area contributed by atoms with E-state index in [1.807, 2.05) is 24.4 Å². The van der Waals surface area contributed by atoms with Gasteiger partial charge in [0.2, 0.25) is 0 Å². The number of amides is 1. The molecule has 0 radical (unpaired) electrons. The Labute approximate surface area is 141 Å². The van der Waals surface area contributed by atoms with Crippen molar-refractivity contribution in [3.63, 3.8) is 0 Å². The first-order chi connectivity index (χ1) is 11.0. The van der Waals surface area contributed by atoms with Crippen molar-refractivity contribution in [2.45, 2.75) is 6.92 Å². The number of nitrogens with zero attached hydrogens (tertiary/aromatic N) is 1. The average Bonchev–Trinajstić information content (AvgIpc) is 2.94. The largest absolute Gasteiger partial charge is 0.322 e. The minimum atomic E-state index is -0.649. The molecule has 2 aromatic carbocycles. The smallest absolute Gasteiger partial charge is 0.258 e. The van der Waals surface area contributed by atoms with E-state index >= 15 is 0 Å². The van der Waals surface area contributed by atoms with E-state index < -0.39 is 11.7 Å². The molecule has 0 atom stereocenters. The Bertz CT molecular complexity index is 861. The molecule has 6 heteroatoms. The van der Waals surface area contributed by atoms with Crippen LogP contribution in [0.2, 0.25) is 5.02 Å². The summed E-state index contributed by atoms with van der Waals surface area (Å²) in [6.07, 6.45) is 0. The number of hydrogen-bond donors (Lipinski definition) is 1. The summed E-state index contributed by atoms with van der Waals surface area (Å²) in [5.41, 5.74) is 2.40. The second kappa shape index (κ2) is 6.48. The number of carbonyl (C=O) groups is 1. The van der Waals surface area contributed by atoms with Gasteiger partial charge in [0.15, 0.2) is 0 Å².